The molecule has 7 nitrogen and oxygen atoms in total. The van der Waals surface area contributed by atoms with Gasteiger partial charge >= 0.3 is 5.97 Å². The fourth-order valence-corrected chi connectivity index (χ4v) is 3.83. The number of aromatic carboxylic acids is 1. The van der Waals surface area contributed by atoms with Crippen LogP contribution in [0.25, 0.3) is 0 Å². The molecule has 3 aliphatic heterocycles. The lowest BCUT2D eigenvalue weighted by molar-refractivity contribution is -0.142. The summed E-state index contributed by atoms with van der Waals surface area (Å²) in [5, 5.41) is 11.9. The number of hydrogen-bond acceptors (Lipinski definition) is 5. The molecule has 1 aromatic rings. The summed E-state index contributed by atoms with van der Waals surface area (Å²) in [6.07, 6.45) is 1.48. The van der Waals surface area contributed by atoms with Gasteiger partial charge in [-0.05, 0) is 37.1 Å². The highest BCUT2D eigenvalue weighted by Gasteiger charge is 2.62. The molecule has 0 saturated carbocycles. The smallest absolute Gasteiger partial charge is 0.335 e. The number of hydrogen-bond donors (Lipinski definition) is 2. The van der Waals surface area contributed by atoms with Crippen LogP contribution in [-0.4, -0.2) is 46.7 Å². The van der Waals surface area contributed by atoms with Crippen molar-refractivity contribution >= 4 is 23.5 Å². The summed E-state index contributed by atoms with van der Waals surface area (Å²) in [5.41, 5.74) is 0.846. The van der Waals surface area contributed by atoms with E-state index in [1.807, 2.05) is 0 Å². The van der Waals surface area contributed by atoms with Crippen LogP contribution in [0.3, 0.4) is 0 Å². The number of carboxylic acids is 1. The summed E-state index contributed by atoms with van der Waals surface area (Å²) >= 11 is 0. The van der Waals surface area contributed by atoms with E-state index < -0.39 is 5.97 Å². The summed E-state index contributed by atoms with van der Waals surface area (Å²) in [4.78, 5) is 37.0. The van der Waals surface area contributed by atoms with E-state index in [1.165, 1.54) is 17.0 Å². The Bertz CT molecular complexity index is 658. The predicted octanol–water partition coefficient (Wildman–Crippen LogP) is 0.917. The van der Waals surface area contributed by atoms with Crippen LogP contribution in [0.2, 0.25) is 0 Å². The Labute approximate surface area is 132 Å². The average Bonchev–Trinajstić information content (AvgIpc) is 3.21. The summed E-state index contributed by atoms with van der Waals surface area (Å²) in [6, 6.07) is 6.17. The van der Waals surface area contributed by atoms with Gasteiger partial charge in [0.05, 0.1) is 36.3 Å². The number of carbonyl (C=O) groups is 3. The zero-order chi connectivity index (χ0) is 16.1. The van der Waals surface area contributed by atoms with E-state index in [1.54, 1.807) is 12.1 Å². The molecule has 23 heavy (non-hydrogen) atoms. The largest absolute Gasteiger partial charge is 0.478 e. The molecule has 3 fully saturated rings. The van der Waals surface area contributed by atoms with Gasteiger partial charge in [-0.25, -0.2) is 4.79 Å². The quantitative estimate of drug-likeness (QED) is 0.802. The maximum atomic E-state index is 12.5. The number of fused-ring (bicyclic) bond motifs is 5. The Morgan fingerprint density at radius 2 is 1.70 bits per heavy atom. The normalized spacial score (nSPS) is 31.6. The van der Waals surface area contributed by atoms with Gasteiger partial charge in [-0.15, -0.1) is 0 Å². The summed E-state index contributed by atoms with van der Waals surface area (Å²) in [6.45, 7) is 0.0938. The van der Waals surface area contributed by atoms with E-state index in [0.717, 1.165) is 12.8 Å². The second-order valence-electron chi connectivity index (χ2n) is 6.16. The minimum Gasteiger partial charge on any atom is -0.478 e. The minimum atomic E-state index is -0.996. The molecule has 0 aliphatic carbocycles. The highest BCUT2D eigenvalue weighted by atomic mass is 16.5. The van der Waals surface area contributed by atoms with Crippen molar-refractivity contribution in [1.82, 2.24) is 4.90 Å². The third-order valence-corrected chi connectivity index (χ3v) is 4.95. The highest BCUT2D eigenvalue weighted by molar-refractivity contribution is 6.06. The Hall–Kier alpha value is -2.41. The fourth-order valence-electron chi connectivity index (χ4n) is 3.83. The molecule has 3 saturated heterocycles. The van der Waals surface area contributed by atoms with Crippen molar-refractivity contribution in [2.24, 2.45) is 11.8 Å². The number of likely N-dealkylation sites (tertiary alicyclic amines) is 1. The summed E-state index contributed by atoms with van der Waals surface area (Å²) in [7, 11) is 0. The molecule has 7 heteroatoms. The van der Waals surface area contributed by atoms with E-state index in [4.69, 9.17) is 9.84 Å². The van der Waals surface area contributed by atoms with Crippen molar-refractivity contribution in [1.29, 1.82) is 0 Å². The molecule has 4 rings (SSSR count). The first-order chi connectivity index (χ1) is 11.1. The molecule has 1 aromatic carbocycles. The van der Waals surface area contributed by atoms with Crippen molar-refractivity contribution in [2.75, 3.05) is 12.0 Å². The van der Waals surface area contributed by atoms with Crippen LogP contribution in [0.4, 0.5) is 5.69 Å². The number of imide groups is 1. The topological polar surface area (TPSA) is 95.9 Å². The highest BCUT2D eigenvalue weighted by Crippen LogP contribution is 2.48. The number of carbonyl (C=O) groups excluding carboxylic acids is 2. The van der Waals surface area contributed by atoms with Crippen molar-refractivity contribution in [3.8, 4) is 0 Å². The van der Waals surface area contributed by atoms with Gasteiger partial charge in [0.25, 0.3) is 0 Å². The molecule has 3 heterocycles. The molecule has 4 unspecified atom stereocenters. The first kappa shape index (κ1) is 14.2. The van der Waals surface area contributed by atoms with Gasteiger partial charge in [-0.1, -0.05) is 0 Å². The van der Waals surface area contributed by atoms with Gasteiger partial charge in [-0.2, -0.15) is 0 Å². The van der Waals surface area contributed by atoms with Gasteiger partial charge in [0.2, 0.25) is 11.8 Å². The van der Waals surface area contributed by atoms with Crippen LogP contribution >= 0.6 is 0 Å². The second kappa shape index (κ2) is 5.06. The second-order valence-corrected chi connectivity index (χ2v) is 6.16. The standard InChI is InChI=1S/C16H16N2O5/c19-14-12-10-5-6-11(23-10)13(12)15(20)18(14)7-17-9-3-1-8(2-4-9)16(21)22/h1-4,10-13,17H,5-7H2,(H,21,22). The number of rotatable bonds is 4. The van der Waals surface area contributed by atoms with Crippen molar-refractivity contribution in [2.45, 2.75) is 25.0 Å². The van der Waals surface area contributed by atoms with Gasteiger partial charge in [0.15, 0.2) is 0 Å². The van der Waals surface area contributed by atoms with Crippen LogP contribution < -0.4 is 5.32 Å². The number of nitrogens with one attached hydrogen (secondary N) is 1. The number of benzene rings is 1. The van der Waals surface area contributed by atoms with Crippen LogP contribution in [0, 0.1) is 11.8 Å². The number of ether oxygens (including phenoxy) is 1. The van der Waals surface area contributed by atoms with Gasteiger partial charge in [0.1, 0.15) is 0 Å². The van der Waals surface area contributed by atoms with Crippen LogP contribution in [-0.2, 0) is 14.3 Å². The van der Waals surface area contributed by atoms with E-state index >= 15 is 0 Å². The maximum Gasteiger partial charge on any atom is 0.335 e. The lowest BCUT2D eigenvalue weighted by atomic mass is 9.81. The van der Waals surface area contributed by atoms with E-state index in [0.29, 0.717) is 5.69 Å². The molecule has 2 amide bonds. The number of nitrogens with zero attached hydrogens (tertiary/aromatic N) is 1. The first-order valence-corrected chi connectivity index (χ1v) is 7.64. The molecule has 0 aromatic heterocycles. The third-order valence-electron chi connectivity index (χ3n) is 4.95. The molecular weight excluding hydrogens is 300 g/mol. The Kier molecular flexibility index (Phi) is 3.12. The Balaban J connectivity index is 1.44. The number of anilines is 1. The van der Waals surface area contributed by atoms with Crippen LogP contribution in [0.15, 0.2) is 24.3 Å². The van der Waals surface area contributed by atoms with Gasteiger partial charge in [0, 0.05) is 5.69 Å². The average molecular weight is 316 g/mol. The van der Waals surface area contributed by atoms with Crippen molar-refractivity contribution in [3.05, 3.63) is 29.8 Å². The predicted molar refractivity (Wildman–Crippen MR) is 78.6 cm³/mol. The number of carboxylic acid groups (broad SMARTS) is 1. The zero-order valence-electron chi connectivity index (χ0n) is 12.3. The van der Waals surface area contributed by atoms with Crippen LogP contribution in [0.5, 0.6) is 0 Å². The number of amides is 2. The van der Waals surface area contributed by atoms with Crippen LogP contribution in [0.1, 0.15) is 23.2 Å². The lowest BCUT2D eigenvalue weighted by Crippen LogP contribution is -2.38. The molecule has 0 spiro atoms. The summed E-state index contributed by atoms with van der Waals surface area (Å²) in [5.74, 6) is -1.97. The van der Waals surface area contributed by atoms with E-state index in [2.05, 4.69) is 5.32 Å². The van der Waals surface area contributed by atoms with Gasteiger partial charge in [-0.3, -0.25) is 14.5 Å². The summed E-state index contributed by atoms with van der Waals surface area (Å²) < 4.78 is 5.68. The Morgan fingerprint density at radius 3 is 2.22 bits per heavy atom. The Morgan fingerprint density at radius 1 is 1.13 bits per heavy atom. The van der Waals surface area contributed by atoms with E-state index in [-0.39, 0.29) is 48.1 Å². The molecule has 2 bridgehead atoms. The maximum absolute atomic E-state index is 12.5. The molecular formula is C16H16N2O5. The van der Waals surface area contributed by atoms with Crippen molar-refractivity contribution < 1.29 is 24.2 Å². The van der Waals surface area contributed by atoms with Crippen molar-refractivity contribution in [3.63, 3.8) is 0 Å². The SMILES string of the molecule is O=C(O)c1ccc(NCN2C(=O)C3C4CCC(O4)C3C2=O)cc1. The third kappa shape index (κ3) is 2.11. The zero-order valence-corrected chi connectivity index (χ0v) is 12.3. The molecule has 0 radical (unpaired) electrons. The first-order valence-electron chi connectivity index (χ1n) is 7.64. The fraction of sp³-hybridized carbons (Fsp3) is 0.438. The molecule has 3 aliphatic rings. The minimum absolute atomic E-state index is 0.0938. The monoisotopic (exact) mass is 316 g/mol. The molecule has 4 atom stereocenters. The molecule has 120 valence electrons. The lowest BCUT2D eigenvalue weighted by Gasteiger charge is -2.18. The van der Waals surface area contributed by atoms with E-state index in [9.17, 15) is 14.4 Å². The molecule has 2 N–H and O–H groups in total. The van der Waals surface area contributed by atoms with Gasteiger partial charge < -0.3 is 15.2 Å².